The van der Waals surface area contributed by atoms with Gasteiger partial charge in [0.25, 0.3) is 5.91 Å². The Hall–Kier alpha value is -2.33. The maximum absolute atomic E-state index is 13.8. The predicted octanol–water partition coefficient (Wildman–Crippen LogP) is 3.38. The number of alkyl halides is 3. The lowest BCUT2D eigenvalue weighted by Crippen LogP contribution is -2.69. The molecular weight excluding hydrogens is 395 g/mol. The fourth-order valence-electron chi connectivity index (χ4n) is 1.99. The second kappa shape index (κ2) is 7.50. The molecule has 0 bridgehead atoms. The zero-order chi connectivity index (χ0) is 19.5. The van der Waals surface area contributed by atoms with E-state index >= 15 is 0 Å². The van der Waals surface area contributed by atoms with Gasteiger partial charge in [-0.05, 0) is 25.1 Å². The van der Waals surface area contributed by atoms with Crippen LogP contribution in [0.2, 0.25) is 5.02 Å². The van der Waals surface area contributed by atoms with E-state index < -0.39 is 23.7 Å². The van der Waals surface area contributed by atoms with E-state index in [1.165, 1.54) is 30.5 Å². The summed E-state index contributed by atoms with van der Waals surface area (Å²) in [6.07, 6.45) is -3.90. The van der Waals surface area contributed by atoms with Gasteiger partial charge in [0.1, 0.15) is 0 Å². The number of halogens is 4. The first-order valence-corrected chi connectivity index (χ1v) is 8.22. The number of amides is 1. The third-order valence-electron chi connectivity index (χ3n) is 3.22. The maximum Gasteiger partial charge on any atom is 0.442 e. The SMILES string of the molecule is COC(=O)[C@@](NC(=O)c1cccc(Cl)c1)(Nc1ncc(C)s1)C(F)(F)F. The minimum atomic E-state index is -5.23. The van der Waals surface area contributed by atoms with Crippen LogP contribution in [0.4, 0.5) is 18.3 Å². The summed E-state index contributed by atoms with van der Waals surface area (Å²) >= 11 is 6.64. The fraction of sp³-hybridized carbons (Fsp3) is 0.267. The van der Waals surface area contributed by atoms with Gasteiger partial charge in [-0.1, -0.05) is 17.7 Å². The van der Waals surface area contributed by atoms with E-state index in [9.17, 15) is 22.8 Å². The van der Waals surface area contributed by atoms with Crippen LogP contribution in [0.3, 0.4) is 0 Å². The summed E-state index contributed by atoms with van der Waals surface area (Å²) in [5, 5.41) is 3.58. The Morgan fingerprint density at radius 1 is 1.31 bits per heavy atom. The number of carbonyl (C=O) groups is 2. The van der Waals surface area contributed by atoms with Crippen molar-refractivity contribution in [1.82, 2.24) is 10.3 Å². The summed E-state index contributed by atoms with van der Waals surface area (Å²) in [5.74, 6) is -2.91. The Balaban J connectivity index is 2.47. The molecule has 2 N–H and O–H groups in total. The van der Waals surface area contributed by atoms with Gasteiger partial charge in [-0.25, -0.2) is 9.78 Å². The van der Waals surface area contributed by atoms with Crippen molar-refractivity contribution in [2.45, 2.75) is 18.8 Å². The van der Waals surface area contributed by atoms with Crippen LogP contribution in [-0.4, -0.2) is 35.8 Å². The molecule has 1 aromatic carbocycles. The van der Waals surface area contributed by atoms with E-state index in [0.29, 0.717) is 4.88 Å². The number of hydrogen-bond acceptors (Lipinski definition) is 6. The number of nitrogens with zero attached hydrogens (tertiary/aromatic N) is 1. The van der Waals surface area contributed by atoms with Crippen molar-refractivity contribution in [3.8, 4) is 0 Å². The normalized spacial score (nSPS) is 13.6. The number of benzene rings is 1. The quantitative estimate of drug-likeness (QED) is 0.586. The molecule has 11 heteroatoms. The van der Waals surface area contributed by atoms with Gasteiger partial charge in [0.05, 0.1) is 7.11 Å². The summed E-state index contributed by atoms with van der Waals surface area (Å²) in [7, 11) is 0.781. The van der Waals surface area contributed by atoms with E-state index in [2.05, 4.69) is 9.72 Å². The van der Waals surface area contributed by atoms with E-state index in [0.717, 1.165) is 18.4 Å². The van der Waals surface area contributed by atoms with Crippen molar-refractivity contribution in [2.24, 2.45) is 0 Å². The van der Waals surface area contributed by atoms with Crippen LogP contribution in [0.15, 0.2) is 30.5 Å². The van der Waals surface area contributed by atoms with Gasteiger partial charge in [-0.2, -0.15) is 13.2 Å². The van der Waals surface area contributed by atoms with Gasteiger partial charge in [-0.3, -0.25) is 4.79 Å². The summed E-state index contributed by atoms with van der Waals surface area (Å²) < 4.78 is 45.8. The van der Waals surface area contributed by atoms with Crippen LogP contribution >= 0.6 is 22.9 Å². The Labute approximate surface area is 155 Å². The lowest BCUT2D eigenvalue weighted by atomic mass is 10.1. The first-order chi connectivity index (χ1) is 12.1. The third-order valence-corrected chi connectivity index (χ3v) is 4.28. The third kappa shape index (κ3) is 4.07. The molecule has 0 aliphatic carbocycles. The molecule has 0 aliphatic rings. The standard InChI is InChI=1S/C15H13ClF3N3O3S/c1-8-7-20-13(26-8)22-14(12(24)25-2,15(17,18)19)21-11(23)9-4-3-5-10(16)6-9/h3-7H,1-2H3,(H,20,22)(H,21,23)/t14-/m1/s1. The van der Waals surface area contributed by atoms with Gasteiger partial charge in [0.2, 0.25) is 0 Å². The summed E-state index contributed by atoms with van der Waals surface area (Å²) in [6, 6.07) is 5.27. The predicted molar refractivity (Wildman–Crippen MR) is 90.2 cm³/mol. The molecule has 0 unspecified atom stereocenters. The maximum atomic E-state index is 13.8. The number of anilines is 1. The highest BCUT2D eigenvalue weighted by Gasteiger charge is 2.64. The second-order valence-corrected chi connectivity index (χ2v) is 6.78. The number of aromatic nitrogens is 1. The molecule has 0 saturated heterocycles. The number of aryl methyl sites for hydroxylation is 1. The Kier molecular flexibility index (Phi) is 5.77. The number of carbonyl (C=O) groups excluding carboxylic acids is 2. The number of hydrogen-bond donors (Lipinski definition) is 2. The van der Waals surface area contributed by atoms with Crippen molar-refractivity contribution in [2.75, 3.05) is 12.4 Å². The number of esters is 1. The number of rotatable bonds is 5. The Morgan fingerprint density at radius 2 is 2.00 bits per heavy atom. The van der Waals surface area contributed by atoms with Crippen LogP contribution in [0.5, 0.6) is 0 Å². The molecule has 1 heterocycles. The van der Waals surface area contributed by atoms with Crippen molar-refractivity contribution in [3.63, 3.8) is 0 Å². The smallest absolute Gasteiger partial charge is 0.442 e. The number of methoxy groups -OCH3 is 1. The van der Waals surface area contributed by atoms with Crippen molar-refractivity contribution in [1.29, 1.82) is 0 Å². The van der Waals surface area contributed by atoms with E-state index in [4.69, 9.17) is 11.6 Å². The van der Waals surface area contributed by atoms with E-state index in [-0.39, 0.29) is 15.7 Å². The molecule has 2 rings (SSSR count). The van der Waals surface area contributed by atoms with Crippen LogP contribution in [0, 0.1) is 6.92 Å². The van der Waals surface area contributed by atoms with Crippen LogP contribution in [-0.2, 0) is 9.53 Å². The van der Waals surface area contributed by atoms with Crippen molar-refractivity contribution >= 4 is 39.9 Å². The lowest BCUT2D eigenvalue weighted by Gasteiger charge is -2.34. The molecular formula is C15H13ClF3N3O3S. The molecule has 2 aromatic rings. The minimum Gasteiger partial charge on any atom is -0.466 e. The van der Waals surface area contributed by atoms with Gasteiger partial charge in [-0.15, -0.1) is 11.3 Å². The molecule has 0 fully saturated rings. The van der Waals surface area contributed by atoms with Gasteiger partial charge < -0.3 is 15.4 Å². The van der Waals surface area contributed by atoms with Gasteiger partial charge in [0, 0.05) is 21.7 Å². The average molecular weight is 408 g/mol. The topological polar surface area (TPSA) is 80.3 Å². The van der Waals surface area contributed by atoms with Crippen LogP contribution in [0.25, 0.3) is 0 Å². The van der Waals surface area contributed by atoms with Gasteiger partial charge in [0.15, 0.2) is 5.13 Å². The molecule has 1 atom stereocenters. The molecule has 140 valence electrons. The number of nitrogens with one attached hydrogen (secondary N) is 2. The zero-order valence-corrected chi connectivity index (χ0v) is 15.1. The van der Waals surface area contributed by atoms with E-state index in [1.54, 1.807) is 12.2 Å². The average Bonchev–Trinajstić information content (AvgIpc) is 2.97. The van der Waals surface area contributed by atoms with Crippen molar-refractivity contribution < 1.29 is 27.5 Å². The second-order valence-electron chi connectivity index (χ2n) is 5.10. The highest BCUT2D eigenvalue weighted by molar-refractivity contribution is 7.15. The highest BCUT2D eigenvalue weighted by Crippen LogP contribution is 2.34. The van der Waals surface area contributed by atoms with Crippen LogP contribution in [0.1, 0.15) is 15.2 Å². The van der Waals surface area contributed by atoms with Crippen LogP contribution < -0.4 is 10.6 Å². The first-order valence-electron chi connectivity index (χ1n) is 7.03. The molecule has 0 spiro atoms. The molecule has 1 aromatic heterocycles. The van der Waals surface area contributed by atoms with Crippen molar-refractivity contribution in [3.05, 3.63) is 45.9 Å². The summed E-state index contributed by atoms with van der Waals surface area (Å²) in [4.78, 5) is 28.8. The lowest BCUT2D eigenvalue weighted by molar-refractivity contribution is -0.203. The van der Waals surface area contributed by atoms with Gasteiger partial charge >= 0.3 is 17.8 Å². The summed E-state index contributed by atoms with van der Waals surface area (Å²) in [6.45, 7) is 1.63. The number of thiazole rings is 1. The molecule has 26 heavy (non-hydrogen) atoms. The molecule has 0 radical (unpaired) electrons. The minimum absolute atomic E-state index is 0.150. The molecule has 6 nitrogen and oxygen atoms in total. The fourth-order valence-corrected chi connectivity index (χ4v) is 2.90. The Bertz CT molecular complexity index is 828. The number of ether oxygens (including phenoxy) is 1. The summed E-state index contributed by atoms with van der Waals surface area (Å²) in [5.41, 5.74) is -3.68. The molecule has 1 amide bonds. The Morgan fingerprint density at radius 3 is 2.50 bits per heavy atom. The monoisotopic (exact) mass is 407 g/mol. The van der Waals surface area contributed by atoms with E-state index in [1.807, 2.05) is 5.32 Å². The molecule has 0 aliphatic heterocycles. The molecule has 0 saturated carbocycles. The zero-order valence-electron chi connectivity index (χ0n) is 13.5. The largest absolute Gasteiger partial charge is 0.466 e. The first kappa shape index (κ1) is 20.0. The highest BCUT2D eigenvalue weighted by atomic mass is 35.5.